The lowest BCUT2D eigenvalue weighted by Crippen LogP contribution is -2.43. The van der Waals surface area contributed by atoms with Gasteiger partial charge in [-0.1, -0.05) is 46.8 Å². The van der Waals surface area contributed by atoms with E-state index in [2.05, 4.69) is 31.0 Å². The third-order valence-corrected chi connectivity index (χ3v) is 4.98. The average molecular weight is 326 g/mol. The van der Waals surface area contributed by atoms with E-state index in [4.69, 9.17) is 0 Å². The molecule has 0 heterocycles. The minimum Gasteiger partial charge on any atom is -0.277 e. The molecule has 1 aromatic rings. The van der Waals surface area contributed by atoms with E-state index in [9.17, 15) is 13.2 Å². The van der Waals surface area contributed by atoms with Gasteiger partial charge in [0.05, 0.1) is 4.90 Å². The number of hydrazine groups is 1. The number of amides is 1. The smallest absolute Gasteiger partial charge is 0.257 e. The number of sulfonamides is 1. The number of aryl methyl sites for hydroxylation is 2. The second-order valence-corrected chi connectivity index (χ2v) is 8.56. The van der Waals surface area contributed by atoms with Crippen LogP contribution in [0, 0.1) is 19.8 Å². The maximum atomic E-state index is 12.4. The Morgan fingerprint density at radius 1 is 1.09 bits per heavy atom. The van der Waals surface area contributed by atoms with Crippen LogP contribution in [-0.2, 0) is 20.2 Å². The molecule has 0 aliphatic heterocycles. The van der Waals surface area contributed by atoms with Gasteiger partial charge >= 0.3 is 0 Å². The van der Waals surface area contributed by atoms with Gasteiger partial charge in [-0.05, 0) is 36.0 Å². The topological polar surface area (TPSA) is 75.3 Å². The molecule has 0 aliphatic rings. The normalized spacial score (nSPS) is 12.5. The van der Waals surface area contributed by atoms with Crippen molar-refractivity contribution in [2.24, 2.45) is 5.92 Å². The molecule has 0 aliphatic carbocycles. The summed E-state index contributed by atoms with van der Waals surface area (Å²) in [5, 5.41) is 0. The van der Waals surface area contributed by atoms with E-state index in [1.165, 1.54) is 0 Å². The molecule has 0 radical (unpaired) electrons. The zero-order chi connectivity index (χ0) is 17.3. The first-order valence-electron chi connectivity index (χ1n) is 7.29. The summed E-state index contributed by atoms with van der Waals surface area (Å²) in [4.78, 5) is 13.9. The van der Waals surface area contributed by atoms with E-state index in [0.717, 1.165) is 5.56 Å². The molecule has 0 spiro atoms. The zero-order valence-electron chi connectivity index (χ0n) is 14.4. The Balaban J connectivity index is 3.19. The molecular formula is C16H26N2O3S. The molecule has 22 heavy (non-hydrogen) atoms. The second-order valence-electron chi connectivity index (χ2n) is 6.94. The lowest BCUT2D eigenvalue weighted by molar-refractivity contribution is -0.124. The fourth-order valence-electron chi connectivity index (χ4n) is 2.12. The van der Waals surface area contributed by atoms with Crippen LogP contribution in [0.5, 0.6) is 0 Å². The highest BCUT2D eigenvalue weighted by Gasteiger charge is 2.24. The molecule has 0 unspecified atom stereocenters. The summed E-state index contributed by atoms with van der Waals surface area (Å²) in [6.45, 7) is 13.2. The Hall–Kier alpha value is -1.40. The molecule has 1 aromatic carbocycles. The monoisotopic (exact) mass is 326 g/mol. The molecule has 0 saturated heterocycles. The third-order valence-electron chi connectivity index (χ3n) is 3.43. The van der Waals surface area contributed by atoms with Crippen molar-refractivity contribution in [1.82, 2.24) is 10.3 Å². The maximum absolute atomic E-state index is 12.4. The van der Waals surface area contributed by atoms with Crippen LogP contribution < -0.4 is 10.3 Å². The molecule has 124 valence electrons. The van der Waals surface area contributed by atoms with E-state index in [1.807, 2.05) is 12.1 Å². The van der Waals surface area contributed by atoms with Gasteiger partial charge in [-0.25, -0.2) is 8.42 Å². The number of rotatable bonds is 4. The van der Waals surface area contributed by atoms with Crippen molar-refractivity contribution in [2.75, 3.05) is 0 Å². The van der Waals surface area contributed by atoms with Crippen LogP contribution in [0.2, 0.25) is 0 Å². The van der Waals surface area contributed by atoms with Gasteiger partial charge in [-0.2, -0.15) is 0 Å². The van der Waals surface area contributed by atoms with Gasteiger partial charge in [0.2, 0.25) is 5.91 Å². The van der Waals surface area contributed by atoms with Gasteiger partial charge in [0.15, 0.2) is 0 Å². The summed E-state index contributed by atoms with van der Waals surface area (Å²) in [5.74, 6) is -0.668. The molecule has 0 fully saturated rings. The molecule has 6 heteroatoms. The van der Waals surface area contributed by atoms with Gasteiger partial charge in [-0.3, -0.25) is 10.2 Å². The van der Waals surface area contributed by atoms with E-state index in [-0.39, 0.29) is 22.1 Å². The minimum absolute atomic E-state index is 0.0584. The zero-order valence-corrected chi connectivity index (χ0v) is 15.2. The third kappa shape index (κ3) is 4.30. The summed E-state index contributed by atoms with van der Waals surface area (Å²) in [6.07, 6.45) is 0. The first kappa shape index (κ1) is 18.6. The number of benzene rings is 1. The Bertz CT molecular complexity index is 648. The molecular weight excluding hydrogens is 300 g/mol. The Morgan fingerprint density at radius 2 is 1.55 bits per heavy atom. The highest BCUT2D eigenvalue weighted by Crippen LogP contribution is 2.28. The second kappa shape index (κ2) is 6.38. The summed E-state index contributed by atoms with van der Waals surface area (Å²) < 4.78 is 24.9. The largest absolute Gasteiger partial charge is 0.277 e. The van der Waals surface area contributed by atoms with Crippen molar-refractivity contribution in [3.63, 3.8) is 0 Å². The highest BCUT2D eigenvalue weighted by atomic mass is 32.2. The Morgan fingerprint density at radius 3 is 1.91 bits per heavy atom. The molecule has 1 rings (SSSR count). The van der Waals surface area contributed by atoms with E-state index in [1.54, 1.807) is 27.7 Å². The van der Waals surface area contributed by atoms with Gasteiger partial charge in [0, 0.05) is 5.92 Å². The van der Waals surface area contributed by atoms with Crippen LogP contribution in [0.4, 0.5) is 0 Å². The standard InChI is InChI=1S/C16H26N2O3S/c1-10(2)15(19)17-18-22(20,21)14-11(3)8-13(9-12(14)4)16(5,6)7/h8-10,18H,1-7H3,(H,17,19). The van der Waals surface area contributed by atoms with Crippen LogP contribution in [0.1, 0.15) is 51.3 Å². The van der Waals surface area contributed by atoms with Crippen molar-refractivity contribution >= 4 is 15.9 Å². The summed E-state index contributed by atoms with van der Waals surface area (Å²) in [6, 6.07) is 3.76. The number of hydrogen-bond donors (Lipinski definition) is 2. The van der Waals surface area contributed by atoms with Crippen LogP contribution in [0.25, 0.3) is 0 Å². The van der Waals surface area contributed by atoms with Crippen LogP contribution >= 0.6 is 0 Å². The van der Waals surface area contributed by atoms with Crippen LogP contribution in [-0.4, -0.2) is 14.3 Å². The van der Waals surface area contributed by atoms with E-state index < -0.39 is 10.0 Å². The van der Waals surface area contributed by atoms with Crippen LogP contribution in [0.15, 0.2) is 17.0 Å². The predicted molar refractivity (Wildman–Crippen MR) is 87.9 cm³/mol. The van der Waals surface area contributed by atoms with Crippen molar-refractivity contribution in [1.29, 1.82) is 0 Å². The SMILES string of the molecule is Cc1cc(C(C)(C)C)cc(C)c1S(=O)(=O)NNC(=O)C(C)C. The quantitative estimate of drug-likeness (QED) is 0.835. The van der Waals surface area contributed by atoms with Crippen molar-refractivity contribution < 1.29 is 13.2 Å². The molecule has 1 amide bonds. The maximum Gasteiger partial charge on any atom is 0.257 e. The van der Waals surface area contributed by atoms with Crippen molar-refractivity contribution in [3.8, 4) is 0 Å². The number of carbonyl (C=O) groups excluding carboxylic acids is 1. The lowest BCUT2D eigenvalue weighted by atomic mass is 9.85. The summed E-state index contributed by atoms with van der Waals surface area (Å²) in [5.41, 5.74) is 4.59. The molecule has 0 atom stereocenters. The molecule has 0 saturated carbocycles. The van der Waals surface area contributed by atoms with Crippen LogP contribution in [0.3, 0.4) is 0 Å². The Labute approximate surface area is 133 Å². The molecule has 0 aromatic heterocycles. The van der Waals surface area contributed by atoms with Gasteiger partial charge in [0.1, 0.15) is 0 Å². The molecule has 0 bridgehead atoms. The number of hydrogen-bond acceptors (Lipinski definition) is 3. The molecule has 5 nitrogen and oxygen atoms in total. The van der Waals surface area contributed by atoms with E-state index in [0.29, 0.717) is 11.1 Å². The van der Waals surface area contributed by atoms with Crippen molar-refractivity contribution in [2.45, 2.75) is 58.8 Å². The fraction of sp³-hybridized carbons (Fsp3) is 0.562. The first-order valence-corrected chi connectivity index (χ1v) is 8.78. The predicted octanol–water partition coefficient (Wildman–Crippen LogP) is 2.57. The van der Waals surface area contributed by atoms with Gasteiger partial charge < -0.3 is 0 Å². The number of nitrogens with one attached hydrogen (secondary N) is 2. The lowest BCUT2D eigenvalue weighted by Gasteiger charge is -2.22. The summed E-state index contributed by atoms with van der Waals surface area (Å²) >= 11 is 0. The first-order chi connectivity index (χ1) is 9.86. The van der Waals surface area contributed by atoms with Crippen molar-refractivity contribution in [3.05, 3.63) is 28.8 Å². The number of carbonyl (C=O) groups is 1. The highest BCUT2D eigenvalue weighted by molar-refractivity contribution is 7.89. The minimum atomic E-state index is -3.79. The van der Waals surface area contributed by atoms with Gasteiger partial charge in [-0.15, -0.1) is 4.83 Å². The molecule has 2 N–H and O–H groups in total. The van der Waals surface area contributed by atoms with Gasteiger partial charge in [0.25, 0.3) is 10.0 Å². The average Bonchev–Trinajstić information content (AvgIpc) is 2.33. The fourth-order valence-corrected chi connectivity index (χ4v) is 3.42. The van der Waals surface area contributed by atoms with E-state index >= 15 is 0 Å². The Kier molecular flexibility index (Phi) is 5.41. The summed E-state index contributed by atoms with van der Waals surface area (Å²) in [7, 11) is -3.79.